The van der Waals surface area contributed by atoms with Gasteiger partial charge in [0.15, 0.2) is 5.76 Å². The van der Waals surface area contributed by atoms with Gasteiger partial charge in [0.1, 0.15) is 18.1 Å². The van der Waals surface area contributed by atoms with E-state index in [1.807, 2.05) is 56.0 Å². The zero-order chi connectivity index (χ0) is 27.4. The summed E-state index contributed by atoms with van der Waals surface area (Å²) in [5.41, 5.74) is 2.91. The number of nitrogens with one attached hydrogen (secondary N) is 1. The van der Waals surface area contributed by atoms with Crippen LogP contribution in [-0.4, -0.2) is 54.3 Å². The third-order valence-corrected chi connectivity index (χ3v) is 7.54. The van der Waals surface area contributed by atoms with Gasteiger partial charge >= 0.3 is 0 Å². The molecule has 2 aromatic carbocycles. The Morgan fingerprint density at radius 2 is 1.77 bits per heavy atom. The Balaban J connectivity index is 1.27. The SMILES string of the molecule is CC(C)(C)C(=O)N1CCc2ccc(OCc3ccc(C(=O)NCCN4CCCC4)o3)cc2C1c1ccccc1. The summed E-state index contributed by atoms with van der Waals surface area (Å²) in [5, 5.41) is 2.94. The first-order valence-corrected chi connectivity index (χ1v) is 14.0. The van der Waals surface area contributed by atoms with E-state index in [1.54, 1.807) is 12.1 Å². The number of amides is 2. The van der Waals surface area contributed by atoms with Crippen molar-refractivity contribution in [3.63, 3.8) is 0 Å². The van der Waals surface area contributed by atoms with Crippen molar-refractivity contribution in [1.82, 2.24) is 15.1 Å². The van der Waals surface area contributed by atoms with Crippen molar-refractivity contribution in [3.8, 4) is 5.75 Å². The number of fused-ring (bicyclic) bond motifs is 1. The number of ether oxygens (including phenoxy) is 1. The molecule has 2 amide bonds. The topological polar surface area (TPSA) is 75.0 Å². The average molecular weight is 530 g/mol. The van der Waals surface area contributed by atoms with E-state index in [4.69, 9.17) is 9.15 Å². The maximum atomic E-state index is 13.4. The Labute approximate surface area is 231 Å². The van der Waals surface area contributed by atoms with Crippen LogP contribution in [0.1, 0.15) is 72.7 Å². The highest BCUT2D eigenvalue weighted by molar-refractivity contribution is 5.91. The second kappa shape index (κ2) is 11.7. The lowest BCUT2D eigenvalue weighted by Gasteiger charge is -2.41. The average Bonchev–Trinajstić information content (AvgIpc) is 3.63. The van der Waals surface area contributed by atoms with Crippen LogP contribution in [0.3, 0.4) is 0 Å². The standard InChI is InChI=1S/C32H39N3O4/c1-32(2,3)31(37)35-19-15-23-11-12-25(21-27(23)29(35)24-9-5-4-6-10-24)38-22-26-13-14-28(39-26)30(36)33-16-20-34-17-7-8-18-34/h4-6,9-14,21,29H,7-8,15-20,22H2,1-3H3,(H,33,36). The van der Waals surface area contributed by atoms with E-state index < -0.39 is 5.41 Å². The number of hydrogen-bond acceptors (Lipinski definition) is 5. The fraction of sp³-hybridized carbons (Fsp3) is 0.438. The summed E-state index contributed by atoms with van der Waals surface area (Å²) < 4.78 is 11.9. The van der Waals surface area contributed by atoms with E-state index in [-0.39, 0.29) is 24.5 Å². The fourth-order valence-corrected chi connectivity index (χ4v) is 5.48. The lowest BCUT2D eigenvalue weighted by Crippen LogP contribution is -2.45. The molecule has 0 radical (unpaired) electrons. The lowest BCUT2D eigenvalue weighted by molar-refractivity contribution is -0.141. The first-order chi connectivity index (χ1) is 18.8. The van der Waals surface area contributed by atoms with Gasteiger partial charge in [0.2, 0.25) is 5.91 Å². The molecule has 5 rings (SSSR count). The van der Waals surface area contributed by atoms with Crippen LogP contribution in [0.15, 0.2) is 65.1 Å². The Bertz CT molecular complexity index is 1290. The summed E-state index contributed by atoms with van der Waals surface area (Å²) in [6, 6.07) is 19.6. The molecule has 1 fully saturated rings. The van der Waals surface area contributed by atoms with Crippen molar-refractivity contribution >= 4 is 11.8 Å². The molecule has 1 N–H and O–H groups in total. The highest BCUT2D eigenvalue weighted by Gasteiger charge is 2.37. The molecule has 3 aromatic rings. The van der Waals surface area contributed by atoms with Crippen LogP contribution in [0.4, 0.5) is 0 Å². The van der Waals surface area contributed by atoms with Gasteiger partial charge in [-0.05, 0) is 73.3 Å². The number of carbonyl (C=O) groups is 2. The summed E-state index contributed by atoms with van der Waals surface area (Å²) in [5.74, 6) is 1.51. The number of likely N-dealkylation sites (tertiary alicyclic amines) is 1. The number of carbonyl (C=O) groups excluding carboxylic acids is 2. The molecule has 1 aromatic heterocycles. The quantitative estimate of drug-likeness (QED) is 0.434. The highest BCUT2D eigenvalue weighted by Crippen LogP contribution is 2.39. The third kappa shape index (κ3) is 6.36. The van der Waals surface area contributed by atoms with Gasteiger partial charge in [0.05, 0.1) is 6.04 Å². The second-order valence-corrected chi connectivity index (χ2v) is 11.5. The molecular weight excluding hydrogens is 490 g/mol. The molecule has 2 aliphatic rings. The number of benzene rings is 2. The van der Waals surface area contributed by atoms with Crippen molar-refractivity contribution in [3.05, 3.63) is 88.9 Å². The molecule has 0 aliphatic carbocycles. The van der Waals surface area contributed by atoms with E-state index in [9.17, 15) is 9.59 Å². The van der Waals surface area contributed by atoms with Crippen molar-refractivity contribution < 1.29 is 18.7 Å². The van der Waals surface area contributed by atoms with Crippen molar-refractivity contribution in [2.24, 2.45) is 5.41 Å². The van der Waals surface area contributed by atoms with Crippen molar-refractivity contribution in [2.75, 3.05) is 32.7 Å². The van der Waals surface area contributed by atoms with Gasteiger partial charge < -0.3 is 24.3 Å². The Morgan fingerprint density at radius 3 is 2.51 bits per heavy atom. The van der Waals surface area contributed by atoms with Gasteiger partial charge in [-0.25, -0.2) is 0 Å². The zero-order valence-electron chi connectivity index (χ0n) is 23.2. The highest BCUT2D eigenvalue weighted by atomic mass is 16.5. The Morgan fingerprint density at radius 1 is 1.00 bits per heavy atom. The molecule has 206 valence electrons. The maximum absolute atomic E-state index is 13.4. The molecule has 0 bridgehead atoms. The molecule has 1 saturated heterocycles. The lowest BCUT2D eigenvalue weighted by atomic mass is 9.85. The van der Waals surface area contributed by atoms with Crippen LogP contribution >= 0.6 is 0 Å². The summed E-state index contributed by atoms with van der Waals surface area (Å²) in [7, 11) is 0. The van der Waals surface area contributed by atoms with Crippen LogP contribution < -0.4 is 10.1 Å². The van der Waals surface area contributed by atoms with Gasteiger partial charge in [-0.1, -0.05) is 57.2 Å². The molecule has 7 heteroatoms. The zero-order valence-corrected chi connectivity index (χ0v) is 23.2. The summed E-state index contributed by atoms with van der Waals surface area (Å²) in [6.45, 7) is 10.5. The Hall–Kier alpha value is -3.58. The van der Waals surface area contributed by atoms with Crippen molar-refractivity contribution in [2.45, 2.75) is 52.7 Å². The van der Waals surface area contributed by atoms with E-state index in [0.717, 1.165) is 37.2 Å². The Kier molecular flexibility index (Phi) is 8.07. The first-order valence-electron chi connectivity index (χ1n) is 14.0. The number of nitrogens with zero attached hydrogens (tertiary/aromatic N) is 2. The van der Waals surface area contributed by atoms with E-state index >= 15 is 0 Å². The van der Waals surface area contributed by atoms with Crippen LogP contribution in [-0.2, 0) is 17.8 Å². The van der Waals surface area contributed by atoms with Gasteiger partial charge in [-0.15, -0.1) is 0 Å². The predicted molar refractivity (Wildman–Crippen MR) is 151 cm³/mol. The molecule has 39 heavy (non-hydrogen) atoms. The van der Waals surface area contributed by atoms with Crippen LogP contribution in [0.2, 0.25) is 0 Å². The predicted octanol–water partition coefficient (Wildman–Crippen LogP) is 5.20. The van der Waals surface area contributed by atoms with E-state index in [1.165, 1.54) is 18.4 Å². The molecule has 1 unspecified atom stereocenters. The second-order valence-electron chi connectivity index (χ2n) is 11.5. The normalized spacial score (nSPS) is 17.6. The fourth-order valence-electron chi connectivity index (χ4n) is 5.48. The van der Waals surface area contributed by atoms with Crippen LogP contribution in [0, 0.1) is 5.41 Å². The monoisotopic (exact) mass is 529 g/mol. The van der Waals surface area contributed by atoms with Gasteiger partial charge in [0.25, 0.3) is 5.91 Å². The number of rotatable bonds is 8. The molecule has 3 heterocycles. The summed E-state index contributed by atoms with van der Waals surface area (Å²) in [4.78, 5) is 30.3. The summed E-state index contributed by atoms with van der Waals surface area (Å²) >= 11 is 0. The molecule has 1 atom stereocenters. The van der Waals surface area contributed by atoms with Gasteiger partial charge in [-0.2, -0.15) is 0 Å². The number of hydrogen-bond donors (Lipinski definition) is 1. The van der Waals surface area contributed by atoms with Crippen molar-refractivity contribution in [1.29, 1.82) is 0 Å². The minimum atomic E-state index is -0.476. The molecule has 0 spiro atoms. The van der Waals surface area contributed by atoms with Gasteiger partial charge in [-0.3, -0.25) is 9.59 Å². The molecule has 7 nitrogen and oxygen atoms in total. The van der Waals surface area contributed by atoms with Crippen LogP contribution in [0.25, 0.3) is 0 Å². The number of furan rings is 1. The maximum Gasteiger partial charge on any atom is 0.287 e. The minimum Gasteiger partial charge on any atom is -0.486 e. The summed E-state index contributed by atoms with van der Waals surface area (Å²) in [6.07, 6.45) is 3.27. The molecular formula is C32H39N3O4. The smallest absolute Gasteiger partial charge is 0.287 e. The van der Waals surface area contributed by atoms with Gasteiger partial charge in [0, 0.05) is 25.0 Å². The molecule has 0 saturated carbocycles. The largest absolute Gasteiger partial charge is 0.486 e. The minimum absolute atomic E-state index is 0.134. The molecule has 2 aliphatic heterocycles. The van der Waals surface area contributed by atoms with Crippen LogP contribution in [0.5, 0.6) is 5.75 Å². The van der Waals surface area contributed by atoms with E-state index in [2.05, 4.69) is 28.4 Å². The third-order valence-electron chi connectivity index (χ3n) is 7.54. The van der Waals surface area contributed by atoms with E-state index in [0.29, 0.717) is 30.4 Å². The first kappa shape index (κ1) is 27.0.